The number of amides is 9. The Balaban J connectivity index is 0.000000171. The highest BCUT2D eigenvalue weighted by Gasteiger charge is 2.48. The Bertz CT molecular complexity index is 6130. The lowest BCUT2D eigenvalue weighted by Gasteiger charge is -2.34. The molecule has 140 heavy (non-hydrogen) atoms. The molecule has 0 saturated carbocycles. The van der Waals surface area contributed by atoms with E-state index in [1.165, 1.54) is 45.2 Å². The number of alkyl halides is 1. The van der Waals surface area contributed by atoms with Crippen molar-refractivity contribution in [1.82, 2.24) is 69.7 Å². The van der Waals surface area contributed by atoms with Crippen molar-refractivity contribution in [3.63, 3.8) is 0 Å². The third-order valence-electron chi connectivity index (χ3n) is 25.6. The summed E-state index contributed by atoms with van der Waals surface area (Å²) in [5.41, 5.74) is 11.1. The molecule has 0 radical (unpaired) electrons. The van der Waals surface area contributed by atoms with Gasteiger partial charge in [0.15, 0.2) is 0 Å². The molecule has 8 fully saturated rings. The van der Waals surface area contributed by atoms with Crippen molar-refractivity contribution >= 4 is 98.6 Å². The molecule has 4 atom stereocenters. The quantitative estimate of drug-likeness (QED) is 0.0110. The fourth-order valence-corrected chi connectivity index (χ4v) is 18.2. The Morgan fingerprint density at radius 1 is 0.600 bits per heavy atom. The van der Waals surface area contributed by atoms with Crippen LogP contribution in [0.2, 0.25) is 0 Å². The third kappa shape index (κ3) is 26.0. The van der Waals surface area contributed by atoms with Gasteiger partial charge < -0.3 is 59.6 Å². The molecule has 17 rings (SSSR count). The minimum absolute atomic E-state index is 0.0451. The number of likely N-dealkylation sites (tertiary alicyclic amines) is 2. The zero-order valence-corrected chi connectivity index (χ0v) is 79.9. The molecule has 9 aromatic rings. The standard InChI is InChI=1S/C49H53F2N9O6.C27H34ClN3O7.C27H30F2N6O/c1-49(64,16-4-24-66-37-9-7-35(8-10-37)58-20-21-59(48(58)63)44-11-12-45(61)55-47(44)62)15-3-17-56-18-13-36(14-19-56)60-31-34(29-53-60)43-30-52-42-6-2-5-38(46(42)54-43)33-27-40(50)39(41(51)28-33)32-57-22-25-65-26-23-57;1-26(2,3)38-25(35)31-22(32)12-11-21(23(31)33)30-17-16-29(24(30)34)19-7-9-20(10-8-19)37-18-6-14-27(4,36)13-5-15-28;28-23-12-18(13-24(29)22(23)17-35-8-10-36-11-9-35)21-2-1-3-25-27(21)34-26(16-33-25)19(14-30)15-32-20-4-6-31-7-5-20/h2,5-10,27-31,36,44,64H,3,11-15,17-26,32H2,1H3,(H,55,61,62);7-10,21,36H,5,11-13,15-18H2,1-4H3;1-3,12-16,20,31H,4-11,17,30H2. The molecule has 0 bridgehead atoms. The summed E-state index contributed by atoms with van der Waals surface area (Å²) in [6.07, 6.45) is 16.1. The van der Waals surface area contributed by atoms with Crippen LogP contribution in [0, 0.1) is 47.0 Å². The number of urea groups is 2. The van der Waals surface area contributed by atoms with Crippen LogP contribution in [0.1, 0.15) is 135 Å². The number of ether oxygens (including phenoxy) is 5. The van der Waals surface area contributed by atoms with Crippen LogP contribution in [0.4, 0.5) is 43.3 Å². The minimum Gasteiger partial charge on any atom is -0.481 e. The molecule has 37 heteroatoms. The van der Waals surface area contributed by atoms with Crippen LogP contribution < -0.4 is 35.6 Å². The first-order chi connectivity index (χ1) is 67.4. The molecule has 0 spiro atoms. The van der Waals surface area contributed by atoms with Crippen molar-refractivity contribution in [2.75, 3.05) is 140 Å². The predicted octanol–water partition coefficient (Wildman–Crippen LogP) is 12.6. The number of allylic oxidation sites excluding steroid dienone is 1. The van der Waals surface area contributed by atoms with Crippen LogP contribution in [0.25, 0.3) is 61.2 Å². The number of aliphatic imine (C=N–C) groups is 1. The van der Waals surface area contributed by atoms with Crippen LogP contribution in [-0.2, 0) is 46.5 Å². The number of benzene rings is 6. The van der Waals surface area contributed by atoms with E-state index in [1.54, 1.807) is 119 Å². The number of nitrogens with zero attached hydrogens (tertiary/aromatic N) is 15. The highest BCUT2D eigenvalue weighted by molar-refractivity contribution is 6.18. The number of carbonyl (C=O) groups is 7. The van der Waals surface area contributed by atoms with Gasteiger partial charge in [0, 0.05) is 161 Å². The highest BCUT2D eigenvalue weighted by Crippen LogP contribution is 2.37. The zero-order valence-electron chi connectivity index (χ0n) is 79.2. The lowest BCUT2D eigenvalue weighted by atomic mass is 9.99. The summed E-state index contributed by atoms with van der Waals surface area (Å²) in [5.74, 6) is 8.58. The number of carbonyl (C=O) groups excluding carboxylic acids is 7. The first-order valence-corrected chi connectivity index (χ1v) is 48.0. The number of aromatic nitrogens is 6. The molecule has 6 aromatic carbocycles. The summed E-state index contributed by atoms with van der Waals surface area (Å²) >= 11 is 5.66. The van der Waals surface area contributed by atoms with Gasteiger partial charge in [0.1, 0.15) is 76.9 Å². The van der Waals surface area contributed by atoms with Gasteiger partial charge >= 0.3 is 18.2 Å². The molecule has 3 aromatic heterocycles. The summed E-state index contributed by atoms with van der Waals surface area (Å²) < 4.78 is 90.4. The van der Waals surface area contributed by atoms with E-state index in [9.17, 15) is 43.8 Å². The number of piperidine rings is 4. The maximum Gasteiger partial charge on any atom is 0.424 e. The number of nitrogens with two attached hydrogens (primary N) is 1. The van der Waals surface area contributed by atoms with E-state index < -0.39 is 76.0 Å². The second kappa shape index (κ2) is 46.5. The lowest BCUT2D eigenvalue weighted by molar-refractivity contribution is -0.150. The Hall–Kier alpha value is -12.9. The van der Waals surface area contributed by atoms with E-state index >= 15 is 17.6 Å². The average molecular weight is 1940 g/mol. The molecular weight excluding hydrogens is 1820 g/mol. The number of para-hydroxylation sites is 2. The van der Waals surface area contributed by atoms with E-state index in [-0.39, 0.29) is 93.3 Å². The van der Waals surface area contributed by atoms with Gasteiger partial charge in [-0.3, -0.25) is 63.7 Å². The van der Waals surface area contributed by atoms with Gasteiger partial charge in [-0.2, -0.15) is 10.00 Å². The molecule has 9 amide bonds. The maximum atomic E-state index is 15.4. The van der Waals surface area contributed by atoms with E-state index in [2.05, 4.69) is 54.2 Å². The summed E-state index contributed by atoms with van der Waals surface area (Å²) in [7, 11) is 0. The van der Waals surface area contributed by atoms with Crippen LogP contribution in [-0.4, -0.2) is 283 Å². The molecule has 32 nitrogen and oxygen atoms in total. The molecule has 8 aliphatic heterocycles. The Labute approximate surface area is 814 Å². The summed E-state index contributed by atoms with van der Waals surface area (Å²) in [4.78, 5) is 125. The number of hydrogen-bond donors (Lipinski definition) is 5. The summed E-state index contributed by atoms with van der Waals surface area (Å²) in [5, 5.41) is 31.5. The fraction of sp³-hybridized carbons (Fsp3) is 0.447. The second-order valence-corrected chi connectivity index (χ2v) is 37.4. The zero-order chi connectivity index (χ0) is 98.8. The third-order valence-corrected chi connectivity index (χ3v) is 25.9. The van der Waals surface area contributed by atoms with Crippen molar-refractivity contribution in [1.29, 1.82) is 0 Å². The number of anilines is 2. The van der Waals surface area contributed by atoms with Crippen LogP contribution >= 0.6 is 11.6 Å². The molecular formula is C103H117ClF4N18O14. The molecule has 8 aliphatic rings. The number of imide groups is 4. The lowest BCUT2D eigenvalue weighted by Crippen LogP contribution is -2.57. The Kier molecular flexibility index (Phi) is 33.7. The van der Waals surface area contributed by atoms with Gasteiger partial charge in [-0.15, -0.1) is 11.6 Å². The largest absolute Gasteiger partial charge is 0.481 e. The molecule has 6 N–H and O–H groups in total. The SMILES string of the molecule is CC(O)(C#CCOc1ccc(N2CCN(C3CCC(=O)N(C(=O)OC(C)(C)C)C3=O)C2=O)cc1)CCCCl.CC(O)(C#CCOc1ccc(N2CCN(C3CCC(=O)NC3=O)C2=O)cc1)CCCN1CCC(n2cc(-c3cnc4cccc(-c5cc(F)c(CN6CCOCC6)c(F)c5)c4n3)cn2)CC1.NC=C(C=NC1CCNCC1)c1cnc2cccc(-c3cc(F)c(CN4CCOCC4)c(F)c3)c2n1. The van der Waals surface area contributed by atoms with Gasteiger partial charge in [-0.25, -0.2) is 41.9 Å². The molecule has 0 aliphatic carbocycles. The smallest absolute Gasteiger partial charge is 0.424 e. The number of nitrogens with one attached hydrogen (secondary N) is 2. The monoisotopic (exact) mass is 1940 g/mol. The summed E-state index contributed by atoms with van der Waals surface area (Å²) in [6.45, 7) is 19.6. The number of rotatable bonds is 26. The topological polar surface area (TPSA) is 364 Å². The molecule has 738 valence electrons. The number of morpholine rings is 2. The van der Waals surface area contributed by atoms with Crippen molar-refractivity contribution in [2.45, 2.75) is 166 Å². The normalized spacial score (nSPS) is 19.4. The summed E-state index contributed by atoms with van der Waals surface area (Å²) in [6, 6.07) is 28.5. The predicted molar refractivity (Wildman–Crippen MR) is 520 cm³/mol. The first kappa shape index (κ1) is 102. The van der Waals surface area contributed by atoms with Crippen LogP contribution in [0.5, 0.6) is 11.5 Å². The van der Waals surface area contributed by atoms with Gasteiger partial charge in [0.25, 0.3) is 5.91 Å². The number of fused-ring (bicyclic) bond motifs is 2. The van der Waals surface area contributed by atoms with Crippen molar-refractivity contribution in [2.24, 2.45) is 10.7 Å². The van der Waals surface area contributed by atoms with Crippen molar-refractivity contribution < 1.29 is 85.0 Å². The molecule has 11 heterocycles. The Morgan fingerprint density at radius 3 is 1.64 bits per heavy atom. The van der Waals surface area contributed by atoms with E-state index in [4.69, 9.17) is 56.1 Å². The van der Waals surface area contributed by atoms with Gasteiger partial charge in [0.05, 0.1) is 90.6 Å². The average Bonchev–Trinajstić information content (AvgIpc) is 1.57. The first-order valence-electron chi connectivity index (χ1n) is 47.5. The van der Waals surface area contributed by atoms with E-state index in [0.29, 0.717) is 193 Å². The van der Waals surface area contributed by atoms with Gasteiger partial charge in [0.2, 0.25) is 17.7 Å². The van der Waals surface area contributed by atoms with Gasteiger partial charge in [-0.05, 0) is 215 Å². The van der Waals surface area contributed by atoms with Crippen LogP contribution in [0.15, 0.2) is 145 Å². The van der Waals surface area contributed by atoms with E-state index in [1.807, 2.05) is 51.0 Å². The van der Waals surface area contributed by atoms with Crippen LogP contribution in [0.3, 0.4) is 0 Å². The molecule has 8 saturated heterocycles. The second-order valence-electron chi connectivity index (χ2n) is 37.1. The highest BCUT2D eigenvalue weighted by atomic mass is 35.5. The fourth-order valence-electron chi connectivity index (χ4n) is 18.0. The van der Waals surface area contributed by atoms with Crippen molar-refractivity contribution in [3.8, 4) is 68.7 Å². The molecule has 4 unspecified atom stereocenters. The van der Waals surface area contributed by atoms with E-state index in [0.717, 1.165) is 70.4 Å². The number of halogens is 5. The minimum atomic E-state index is -1.17. The van der Waals surface area contributed by atoms with Crippen molar-refractivity contribution in [3.05, 3.63) is 180 Å². The number of aliphatic hydroxyl groups is 2. The Morgan fingerprint density at radius 2 is 1.11 bits per heavy atom. The maximum absolute atomic E-state index is 15.4. The number of hydrogen-bond acceptors (Lipinski definition) is 25. The van der Waals surface area contributed by atoms with Gasteiger partial charge in [-0.1, -0.05) is 47.9 Å².